The van der Waals surface area contributed by atoms with Crippen molar-refractivity contribution in [2.24, 2.45) is 0 Å². The summed E-state index contributed by atoms with van der Waals surface area (Å²) in [4.78, 5) is 72.4. The topological polar surface area (TPSA) is 231 Å². The molecule has 141 heavy (non-hydrogen) atoms. The number of ketones is 4. The number of carbonyl (C=O) groups is 4. The molecule has 17 nitrogen and oxygen atoms in total. The van der Waals surface area contributed by atoms with Crippen LogP contribution in [0.15, 0.2) is 297 Å². The maximum atomic E-state index is 10.0. The molecule has 25 heteroatoms. The Kier molecular flexibility index (Phi) is 33.2. The van der Waals surface area contributed by atoms with Crippen molar-refractivity contribution in [3.8, 4) is 42.3 Å². The Morgan fingerprint density at radius 2 is 0.667 bits per heavy atom. The molecule has 716 valence electrons. The number of unbranched alkanes of at least 4 members (excludes halogenated alkanes) is 3. The molecule has 17 heterocycles. The largest absolute Gasteiger partial charge is 0.512 e. The first-order valence-electron chi connectivity index (χ1n) is 45.2. The van der Waals surface area contributed by atoms with Gasteiger partial charge in [0.25, 0.3) is 0 Å². The van der Waals surface area contributed by atoms with Crippen LogP contribution in [0.4, 0.5) is 0 Å². The Bertz CT molecular complexity index is 8910. The van der Waals surface area contributed by atoms with Gasteiger partial charge in [-0.1, -0.05) is 228 Å². The SMILES string of the molecule is CC(=O)C=C(C)O.CC(=O)C=C(C)O.CC(=O)C=C(C)O.CC(=O)C=C(C)O.CCCCCCc1ccnc(-c2[c-]c3c4cccc5c6ccccc6n(c3s2)c45)c1.Cc1cc(C)nc(-c2[c-]c3c4cccc5c6ccccc6n(c3s2)c45)c1.Cc1ccnc(-c2[c-]c3c4cccc5c6ccccc6n(c3s2)c45)c1.[Ir].[Ir].[Ir].[Ir].[c-]1c(-c2nccc3cnccc23)sc2c1c1cccc3c4ccccc4n2c13. The van der Waals surface area contributed by atoms with Gasteiger partial charge in [-0.25, -0.2) is 0 Å². The molecule has 0 atom stereocenters. The Balaban J connectivity index is 0.000000136. The first-order chi connectivity index (χ1) is 66.3. The number of aliphatic hydroxyl groups excluding tert-OH is 4. The van der Waals surface area contributed by atoms with E-state index >= 15 is 0 Å². The summed E-state index contributed by atoms with van der Waals surface area (Å²) >= 11 is 7.14. The maximum Gasteiger partial charge on any atom is 0.155 e. The van der Waals surface area contributed by atoms with Gasteiger partial charge in [0.05, 0.1) is 23.0 Å². The third-order valence-corrected chi connectivity index (χ3v) is 27.9. The molecule has 0 saturated heterocycles. The van der Waals surface area contributed by atoms with Gasteiger partial charge >= 0.3 is 0 Å². The molecule has 0 aliphatic rings. The molecule has 0 fully saturated rings. The monoisotopic (exact) mass is 2640 g/mol. The molecular weight excluding hydrogens is 2540 g/mol. The number of fused-ring (bicyclic) bond motifs is 25. The normalized spacial score (nSPS) is 11.7. The molecule has 25 aromatic rings. The first-order valence-corrected chi connectivity index (χ1v) is 48.4. The second kappa shape index (κ2) is 45.0. The van der Waals surface area contributed by atoms with Gasteiger partial charge in [0, 0.05) is 249 Å². The number of aryl methyl sites for hydroxylation is 4. The smallest absolute Gasteiger partial charge is 0.155 e. The van der Waals surface area contributed by atoms with E-state index < -0.39 is 0 Å². The Morgan fingerprint density at radius 1 is 0.333 bits per heavy atom. The van der Waals surface area contributed by atoms with Crippen molar-refractivity contribution in [2.75, 3.05) is 0 Å². The standard InChI is InChI=1S/C27H23N2S.C24H12N3S.C23H15N2S.C22H13N2S.4C5H8O2.4Ir/c1-2-3-4-5-9-18-14-15-28-23(16-18)25-17-22-21-12-8-11-20-19-10-6-7-13-24(19)29(26(20)21)27(22)30-25;1-2-7-20-16(4-1)17-5-3-6-18-19-12-21(28-24(19)27(20)23(17)18)22-15-9-10-25-13-14(15)8-11-26-22;1-13-10-14(2)24-19(11-13)21-12-18-17-8-5-7-16-15-6-3-4-9-20(15)25(22(16)17)23(18)26-21;1-13-9-10-23-18(11-13)20-12-17-16-7-4-6-15-14-5-2-3-8-19(14)24(21(15)16)22(17)25-20;4*1-4(6)3-5(2)7;;;;/h6-8,10-16H,2-5,9H2,1H3;1-11,13H;3-11H,1-2H3;2-11H,1H3;4*3,6H,1-2H3;;;;/q4*-1;;;;;;;;. The van der Waals surface area contributed by atoms with Crippen LogP contribution in [0.1, 0.15) is 110 Å². The number of aliphatic hydroxyl groups is 4. The summed E-state index contributed by atoms with van der Waals surface area (Å²) in [6, 6.07) is 92.6. The van der Waals surface area contributed by atoms with Crippen LogP contribution in [-0.4, -0.2) is 86.1 Å². The van der Waals surface area contributed by atoms with Crippen LogP contribution in [0.2, 0.25) is 0 Å². The van der Waals surface area contributed by atoms with Gasteiger partial charge in [0.1, 0.15) is 0 Å². The van der Waals surface area contributed by atoms with E-state index in [0.29, 0.717) is 0 Å². The average Bonchev–Trinajstić information content (AvgIpc) is 1.54. The number of hydrogen-bond donors (Lipinski definition) is 4. The number of rotatable bonds is 13. The summed E-state index contributed by atoms with van der Waals surface area (Å²) in [5.41, 5.74) is 19.2. The fourth-order valence-corrected chi connectivity index (χ4v) is 22.9. The third kappa shape index (κ3) is 21.3. The van der Waals surface area contributed by atoms with Crippen molar-refractivity contribution in [3.05, 3.63) is 343 Å². The number of nitrogens with zero attached hydrogens (tertiary/aromatic N) is 9. The summed E-state index contributed by atoms with van der Waals surface area (Å²) in [6.07, 6.45) is 20.4. The number of thiophene rings is 4. The van der Waals surface area contributed by atoms with E-state index in [4.69, 9.17) is 30.4 Å². The molecule has 0 aliphatic carbocycles. The molecule has 0 amide bonds. The minimum Gasteiger partial charge on any atom is -0.512 e. The quantitative estimate of drug-likeness (QED) is 0.0365. The number of pyridine rings is 5. The third-order valence-electron chi connectivity index (χ3n) is 23.6. The number of benzene rings is 8. The van der Waals surface area contributed by atoms with E-state index in [1.54, 1.807) is 34.0 Å². The second-order valence-corrected chi connectivity index (χ2v) is 38.3. The van der Waals surface area contributed by atoms with Gasteiger partial charge < -0.3 is 58.0 Å². The summed E-state index contributed by atoms with van der Waals surface area (Å²) in [6.45, 7) is 19.9. The maximum absolute atomic E-state index is 10.0. The Hall–Kier alpha value is -12.8. The summed E-state index contributed by atoms with van der Waals surface area (Å²) in [5.74, 6) is -0.250. The van der Waals surface area contributed by atoms with Gasteiger partial charge in [-0.05, 0) is 195 Å². The van der Waals surface area contributed by atoms with E-state index in [2.05, 4.69) is 285 Å². The minimum atomic E-state index is -0.125. The summed E-state index contributed by atoms with van der Waals surface area (Å²) < 4.78 is 9.62. The zero-order valence-electron chi connectivity index (χ0n) is 78.9. The number of hydrogen-bond acceptors (Lipinski definition) is 17. The van der Waals surface area contributed by atoms with Gasteiger partial charge in [0.15, 0.2) is 23.1 Å². The molecule has 4 radical (unpaired) electrons. The molecule has 4 N–H and O–H groups in total. The van der Waals surface area contributed by atoms with Crippen molar-refractivity contribution in [1.29, 1.82) is 0 Å². The summed E-state index contributed by atoms with van der Waals surface area (Å²) in [5, 5.41) is 56.1. The van der Waals surface area contributed by atoms with E-state index in [1.807, 2.05) is 60.5 Å². The molecule has 8 aromatic carbocycles. The van der Waals surface area contributed by atoms with E-state index in [9.17, 15) is 19.2 Å². The van der Waals surface area contributed by atoms with Gasteiger partial charge in [-0.3, -0.25) is 24.2 Å². The van der Waals surface area contributed by atoms with Gasteiger partial charge in [0.2, 0.25) is 0 Å². The van der Waals surface area contributed by atoms with Gasteiger partial charge in [-0.2, -0.15) is 45.3 Å². The molecular formula is C116H95Ir4N9O8S4-4. The number of carbonyl (C=O) groups excluding carboxylic acids is 4. The number of allylic oxidation sites excluding steroid dienone is 8. The van der Waals surface area contributed by atoms with Crippen molar-refractivity contribution in [2.45, 2.75) is 115 Å². The van der Waals surface area contributed by atoms with Crippen LogP contribution in [0.25, 0.3) is 203 Å². The summed E-state index contributed by atoms with van der Waals surface area (Å²) in [7, 11) is 0. The first kappa shape index (κ1) is 104. The fraction of sp³-hybridized carbons (Fsp3) is 0.147. The van der Waals surface area contributed by atoms with Crippen molar-refractivity contribution in [1.82, 2.24) is 42.5 Å². The molecule has 0 spiro atoms. The fourth-order valence-electron chi connectivity index (χ4n) is 18.4. The molecule has 0 bridgehead atoms. The molecule has 17 aromatic heterocycles. The van der Waals surface area contributed by atoms with Crippen LogP contribution in [0, 0.1) is 45.0 Å². The number of aromatic nitrogens is 9. The van der Waals surface area contributed by atoms with Crippen LogP contribution in [0.3, 0.4) is 0 Å². The zero-order valence-corrected chi connectivity index (χ0v) is 91.8. The predicted molar refractivity (Wildman–Crippen MR) is 570 cm³/mol. The average molecular weight is 2640 g/mol. The Labute approximate surface area is 883 Å². The van der Waals surface area contributed by atoms with E-state index in [-0.39, 0.29) is 127 Å². The van der Waals surface area contributed by atoms with Crippen LogP contribution >= 0.6 is 45.3 Å². The van der Waals surface area contributed by atoms with Gasteiger partial charge in [-0.15, -0.1) is 45.8 Å². The van der Waals surface area contributed by atoms with E-state index in [1.165, 1.54) is 272 Å². The minimum absolute atomic E-state index is 0. The van der Waals surface area contributed by atoms with Crippen LogP contribution in [0.5, 0.6) is 0 Å². The Morgan fingerprint density at radius 3 is 1.03 bits per heavy atom. The predicted octanol–water partition coefficient (Wildman–Crippen LogP) is 30.8. The van der Waals surface area contributed by atoms with E-state index in [0.717, 1.165) is 65.2 Å². The molecule has 0 saturated carbocycles. The second-order valence-electron chi connectivity index (χ2n) is 34.3. The zero-order chi connectivity index (χ0) is 95.7. The number of para-hydroxylation sites is 8. The molecule has 0 unspecified atom stereocenters. The van der Waals surface area contributed by atoms with Crippen LogP contribution < -0.4 is 0 Å². The van der Waals surface area contributed by atoms with Crippen molar-refractivity contribution in [3.63, 3.8) is 0 Å². The molecule has 25 rings (SSSR count). The van der Waals surface area contributed by atoms with Crippen LogP contribution in [-0.2, 0) is 106 Å². The van der Waals surface area contributed by atoms with Crippen molar-refractivity contribution < 1.29 is 120 Å². The van der Waals surface area contributed by atoms with Crippen molar-refractivity contribution >= 4 is 229 Å². The molecule has 0 aliphatic heterocycles.